The summed E-state index contributed by atoms with van der Waals surface area (Å²) in [6, 6.07) is 5.79. The molecule has 1 unspecified atom stereocenters. The first kappa shape index (κ1) is 12.6. The van der Waals surface area contributed by atoms with Gasteiger partial charge in [-0.2, -0.15) is 0 Å². The van der Waals surface area contributed by atoms with Crippen LogP contribution < -0.4 is 10.1 Å². The Morgan fingerprint density at radius 1 is 1.47 bits per heavy atom. The van der Waals surface area contributed by atoms with Crippen molar-refractivity contribution in [2.75, 3.05) is 13.1 Å². The zero-order valence-electron chi connectivity index (χ0n) is 8.63. The maximum Gasteiger partial charge on any atom is 0.120 e. The second-order valence-corrected chi connectivity index (χ2v) is 4.05. The molecule has 4 heteroatoms. The highest BCUT2D eigenvalue weighted by Gasteiger charge is 2.15. The van der Waals surface area contributed by atoms with Crippen LogP contribution in [0.5, 0.6) is 5.75 Å². The number of ether oxygens (including phenoxy) is 1. The van der Waals surface area contributed by atoms with E-state index in [0.717, 1.165) is 35.8 Å². The number of rotatable bonds is 2. The minimum atomic E-state index is 0. The molecule has 2 rings (SSSR count). The molecule has 2 nitrogen and oxygen atoms in total. The second-order valence-electron chi connectivity index (χ2n) is 3.64. The van der Waals surface area contributed by atoms with E-state index in [1.165, 1.54) is 0 Å². The number of benzene rings is 1. The van der Waals surface area contributed by atoms with Crippen LogP contribution in [-0.4, -0.2) is 19.2 Å². The van der Waals surface area contributed by atoms with Crippen molar-refractivity contribution in [3.8, 4) is 5.75 Å². The molecule has 1 fully saturated rings. The molecule has 0 aliphatic carbocycles. The van der Waals surface area contributed by atoms with E-state index in [1.807, 2.05) is 25.1 Å². The highest BCUT2D eigenvalue weighted by molar-refractivity contribution is 6.31. The van der Waals surface area contributed by atoms with Crippen LogP contribution in [0.4, 0.5) is 0 Å². The topological polar surface area (TPSA) is 21.3 Å². The fourth-order valence-corrected chi connectivity index (χ4v) is 1.73. The maximum atomic E-state index is 5.93. The van der Waals surface area contributed by atoms with E-state index in [-0.39, 0.29) is 12.4 Å². The van der Waals surface area contributed by atoms with Gasteiger partial charge in [-0.1, -0.05) is 11.6 Å². The minimum absolute atomic E-state index is 0. The summed E-state index contributed by atoms with van der Waals surface area (Å²) in [4.78, 5) is 0. The number of hydrogen-bond donors (Lipinski definition) is 1. The average Bonchev–Trinajstić information content (AvgIpc) is 2.64. The Morgan fingerprint density at radius 2 is 2.27 bits per heavy atom. The van der Waals surface area contributed by atoms with Gasteiger partial charge in [-0.15, -0.1) is 12.4 Å². The first-order valence-corrected chi connectivity index (χ1v) is 5.27. The van der Waals surface area contributed by atoms with Crippen molar-refractivity contribution in [1.82, 2.24) is 5.32 Å². The van der Waals surface area contributed by atoms with E-state index in [2.05, 4.69) is 5.32 Å². The van der Waals surface area contributed by atoms with E-state index in [9.17, 15) is 0 Å². The van der Waals surface area contributed by atoms with Crippen molar-refractivity contribution in [3.63, 3.8) is 0 Å². The monoisotopic (exact) mass is 247 g/mol. The van der Waals surface area contributed by atoms with Gasteiger partial charge in [0.1, 0.15) is 11.9 Å². The average molecular weight is 248 g/mol. The molecule has 0 aromatic heterocycles. The summed E-state index contributed by atoms with van der Waals surface area (Å²) in [5.74, 6) is 0.917. The van der Waals surface area contributed by atoms with Crippen LogP contribution in [0.1, 0.15) is 12.0 Å². The summed E-state index contributed by atoms with van der Waals surface area (Å²) in [5, 5.41) is 4.06. The predicted octanol–water partition coefficient (Wildman–Crippen LogP) is 2.81. The predicted molar refractivity (Wildman–Crippen MR) is 65.3 cm³/mol. The van der Waals surface area contributed by atoms with Gasteiger partial charge in [-0.05, 0) is 43.7 Å². The van der Waals surface area contributed by atoms with Crippen molar-refractivity contribution in [2.45, 2.75) is 19.4 Å². The fraction of sp³-hybridized carbons (Fsp3) is 0.455. The molecule has 0 bridgehead atoms. The van der Waals surface area contributed by atoms with Gasteiger partial charge in [0.25, 0.3) is 0 Å². The van der Waals surface area contributed by atoms with Gasteiger partial charge in [0.15, 0.2) is 0 Å². The molecular weight excluding hydrogens is 233 g/mol. The van der Waals surface area contributed by atoms with Gasteiger partial charge in [0.05, 0.1) is 0 Å². The van der Waals surface area contributed by atoms with Crippen LogP contribution in [0, 0.1) is 6.92 Å². The summed E-state index contributed by atoms with van der Waals surface area (Å²) < 4.78 is 5.79. The second kappa shape index (κ2) is 5.59. The summed E-state index contributed by atoms with van der Waals surface area (Å²) in [5.41, 5.74) is 1.06. The van der Waals surface area contributed by atoms with Crippen LogP contribution >= 0.6 is 24.0 Å². The molecule has 1 N–H and O–H groups in total. The highest BCUT2D eigenvalue weighted by Crippen LogP contribution is 2.22. The summed E-state index contributed by atoms with van der Waals surface area (Å²) >= 11 is 5.93. The molecule has 1 aliphatic heterocycles. The van der Waals surface area contributed by atoms with Gasteiger partial charge in [0.2, 0.25) is 0 Å². The molecule has 1 atom stereocenters. The van der Waals surface area contributed by atoms with Crippen LogP contribution in [0.25, 0.3) is 0 Å². The SMILES string of the molecule is Cc1cc(OC2CCNC2)ccc1Cl.Cl. The first-order valence-electron chi connectivity index (χ1n) is 4.89. The lowest BCUT2D eigenvalue weighted by atomic mass is 10.2. The van der Waals surface area contributed by atoms with Crippen molar-refractivity contribution in [3.05, 3.63) is 28.8 Å². The Bertz CT molecular complexity index is 324. The third kappa shape index (κ3) is 3.26. The van der Waals surface area contributed by atoms with Crippen molar-refractivity contribution in [2.24, 2.45) is 0 Å². The third-order valence-corrected chi connectivity index (χ3v) is 2.87. The van der Waals surface area contributed by atoms with Crippen molar-refractivity contribution in [1.29, 1.82) is 0 Å². The summed E-state index contributed by atoms with van der Waals surface area (Å²) in [6.45, 7) is 3.99. The van der Waals surface area contributed by atoms with E-state index in [1.54, 1.807) is 0 Å². The zero-order chi connectivity index (χ0) is 9.97. The van der Waals surface area contributed by atoms with Crippen LogP contribution in [0.3, 0.4) is 0 Å². The lowest BCUT2D eigenvalue weighted by Crippen LogP contribution is -2.19. The third-order valence-electron chi connectivity index (χ3n) is 2.45. The molecular formula is C11H15Cl2NO. The molecule has 0 spiro atoms. The molecule has 84 valence electrons. The lowest BCUT2D eigenvalue weighted by molar-refractivity contribution is 0.223. The number of halogens is 2. The van der Waals surface area contributed by atoms with Crippen LogP contribution in [-0.2, 0) is 0 Å². The zero-order valence-corrected chi connectivity index (χ0v) is 10.2. The molecule has 1 aromatic carbocycles. The molecule has 0 radical (unpaired) electrons. The Kier molecular flexibility index (Phi) is 4.71. The van der Waals surface area contributed by atoms with Crippen LogP contribution in [0.2, 0.25) is 5.02 Å². The number of nitrogens with one attached hydrogen (secondary N) is 1. The standard InChI is InChI=1S/C11H14ClNO.ClH/c1-8-6-9(2-3-11(8)12)14-10-4-5-13-7-10;/h2-3,6,10,13H,4-5,7H2,1H3;1H. The molecule has 0 amide bonds. The normalized spacial score (nSPS) is 19.7. The maximum absolute atomic E-state index is 5.93. The quantitative estimate of drug-likeness (QED) is 0.868. The minimum Gasteiger partial charge on any atom is -0.489 e. The van der Waals surface area contributed by atoms with Gasteiger partial charge < -0.3 is 10.1 Å². The smallest absolute Gasteiger partial charge is 0.120 e. The Balaban J connectivity index is 0.00000112. The van der Waals surface area contributed by atoms with E-state index in [4.69, 9.17) is 16.3 Å². The lowest BCUT2D eigenvalue weighted by Gasteiger charge is -2.13. The first-order chi connectivity index (χ1) is 6.75. The van der Waals surface area contributed by atoms with E-state index in [0.29, 0.717) is 6.10 Å². The van der Waals surface area contributed by atoms with Crippen molar-refractivity contribution >= 4 is 24.0 Å². The van der Waals surface area contributed by atoms with Crippen molar-refractivity contribution < 1.29 is 4.74 Å². The summed E-state index contributed by atoms with van der Waals surface area (Å²) in [7, 11) is 0. The molecule has 0 saturated carbocycles. The van der Waals surface area contributed by atoms with Gasteiger partial charge >= 0.3 is 0 Å². The highest BCUT2D eigenvalue weighted by atomic mass is 35.5. The molecule has 1 heterocycles. The molecule has 1 aromatic rings. The van der Waals surface area contributed by atoms with Gasteiger partial charge in [0, 0.05) is 11.6 Å². The Hall–Kier alpha value is -0.440. The largest absolute Gasteiger partial charge is 0.489 e. The number of hydrogen-bond acceptors (Lipinski definition) is 2. The molecule has 15 heavy (non-hydrogen) atoms. The molecule has 1 saturated heterocycles. The van der Waals surface area contributed by atoms with E-state index < -0.39 is 0 Å². The summed E-state index contributed by atoms with van der Waals surface area (Å²) in [6.07, 6.45) is 1.40. The van der Waals surface area contributed by atoms with Crippen LogP contribution in [0.15, 0.2) is 18.2 Å². The Labute approximate surface area is 101 Å². The Morgan fingerprint density at radius 3 is 2.87 bits per heavy atom. The molecule has 1 aliphatic rings. The van der Waals surface area contributed by atoms with Gasteiger partial charge in [-0.3, -0.25) is 0 Å². The van der Waals surface area contributed by atoms with E-state index >= 15 is 0 Å². The fourth-order valence-electron chi connectivity index (χ4n) is 1.61. The number of aryl methyl sites for hydroxylation is 1. The van der Waals surface area contributed by atoms with Gasteiger partial charge in [-0.25, -0.2) is 0 Å².